The van der Waals surface area contributed by atoms with E-state index in [1.165, 1.54) is 18.3 Å². The summed E-state index contributed by atoms with van der Waals surface area (Å²) in [5.41, 5.74) is 3.21. The first-order valence-electron chi connectivity index (χ1n) is 9.07. The third-order valence-electron chi connectivity index (χ3n) is 3.94. The molecule has 1 heterocycles. The van der Waals surface area contributed by atoms with E-state index >= 15 is 0 Å². The van der Waals surface area contributed by atoms with Crippen molar-refractivity contribution in [2.24, 2.45) is 5.10 Å². The van der Waals surface area contributed by atoms with Gasteiger partial charge in [-0.1, -0.05) is 23.7 Å². The zero-order chi connectivity index (χ0) is 21.7. The maximum atomic E-state index is 12.4. The fourth-order valence-electron chi connectivity index (χ4n) is 2.62. The number of nitrogens with zero attached hydrogens (tertiary/aromatic N) is 1. The summed E-state index contributed by atoms with van der Waals surface area (Å²) in [5.74, 6) is -0.470. The SMILES string of the molecule is CC(C)OC(=O)c1ccc(Cl)cc1-c1ccc(/C=N/NC(=O)c2ccccc2O)o1. The van der Waals surface area contributed by atoms with Gasteiger partial charge in [0.1, 0.15) is 17.3 Å². The van der Waals surface area contributed by atoms with Gasteiger partial charge in [0.05, 0.1) is 23.4 Å². The van der Waals surface area contributed by atoms with Gasteiger partial charge in [0.25, 0.3) is 5.91 Å². The van der Waals surface area contributed by atoms with Gasteiger partial charge in [-0.3, -0.25) is 4.79 Å². The Balaban J connectivity index is 1.77. The van der Waals surface area contributed by atoms with E-state index in [-0.39, 0.29) is 17.4 Å². The number of hydrogen-bond donors (Lipinski definition) is 2. The van der Waals surface area contributed by atoms with Gasteiger partial charge < -0.3 is 14.3 Å². The highest BCUT2D eigenvalue weighted by molar-refractivity contribution is 6.31. The van der Waals surface area contributed by atoms with Crippen LogP contribution in [0.1, 0.15) is 40.3 Å². The van der Waals surface area contributed by atoms with Gasteiger partial charge in [-0.05, 0) is 56.3 Å². The summed E-state index contributed by atoms with van der Waals surface area (Å²) in [5, 5.41) is 14.0. The number of hydrogen-bond acceptors (Lipinski definition) is 6. The van der Waals surface area contributed by atoms with E-state index in [0.29, 0.717) is 27.7 Å². The number of ether oxygens (including phenoxy) is 1. The molecule has 1 aromatic heterocycles. The van der Waals surface area contributed by atoms with Crippen LogP contribution in [0.3, 0.4) is 0 Å². The van der Waals surface area contributed by atoms with Crippen LogP contribution in [0.15, 0.2) is 64.1 Å². The molecule has 2 N–H and O–H groups in total. The third kappa shape index (κ3) is 5.07. The Hall–Kier alpha value is -3.58. The number of carbonyl (C=O) groups is 2. The highest BCUT2D eigenvalue weighted by Crippen LogP contribution is 2.29. The van der Waals surface area contributed by atoms with Gasteiger partial charge in [0.2, 0.25) is 0 Å². The summed E-state index contributed by atoms with van der Waals surface area (Å²) in [6, 6.07) is 14.2. The smallest absolute Gasteiger partial charge is 0.339 e. The molecule has 0 saturated heterocycles. The van der Waals surface area contributed by atoms with E-state index in [2.05, 4.69) is 10.5 Å². The minimum atomic E-state index is -0.565. The Labute approximate surface area is 177 Å². The molecule has 0 bridgehead atoms. The molecule has 7 nitrogen and oxygen atoms in total. The quantitative estimate of drug-likeness (QED) is 0.340. The number of rotatable bonds is 6. The van der Waals surface area contributed by atoms with Crippen molar-refractivity contribution in [3.05, 3.63) is 76.5 Å². The molecule has 0 unspecified atom stereocenters. The first kappa shape index (κ1) is 21.1. The van der Waals surface area contributed by atoms with Crippen LogP contribution in [-0.4, -0.2) is 29.3 Å². The molecule has 154 valence electrons. The van der Waals surface area contributed by atoms with Crippen molar-refractivity contribution in [3.8, 4) is 17.1 Å². The number of hydrazone groups is 1. The van der Waals surface area contributed by atoms with Crippen molar-refractivity contribution in [1.82, 2.24) is 5.43 Å². The number of nitrogens with one attached hydrogen (secondary N) is 1. The van der Waals surface area contributed by atoms with E-state index in [0.717, 1.165) is 0 Å². The Morgan fingerprint density at radius 3 is 2.63 bits per heavy atom. The summed E-state index contributed by atoms with van der Waals surface area (Å²) >= 11 is 6.09. The van der Waals surface area contributed by atoms with Gasteiger partial charge in [0, 0.05) is 10.6 Å². The van der Waals surface area contributed by atoms with Crippen molar-refractivity contribution in [2.75, 3.05) is 0 Å². The fraction of sp³-hybridized carbons (Fsp3) is 0.136. The first-order valence-corrected chi connectivity index (χ1v) is 9.45. The Kier molecular flexibility index (Phi) is 6.54. The van der Waals surface area contributed by atoms with Crippen LogP contribution in [0.2, 0.25) is 5.02 Å². The van der Waals surface area contributed by atoms with Gasteiger partial charge in [-0.15, -0.1) is 0 Å². The lowest BCUT2D eigenvalue weighted by atomic mass is 10.1. The number of benzene rings is 2. The third-order valence-corrected chi connectivity index (χ3v) is 4.18. The lowest BCUT2D eigenvalue weighted by Crippen LogP contribution is -2.17. The molecule has 8 heteroatoms. The molecule has 0 aliphatic rings. The first-order chi connectivity index (χ1) is 14.3. The van der Waals surface area contributed by atoms with E-state index in [1.54, 1.807) is 56.3 Å². The number of esters is 1. The van der Waals surface area contributed by atoms with Crippen LogP contribution in [0, 0.1) is 0 Å². The molecule has 0 radical (unpaired) electrons. The van der Waals surface area contributed by atoms with Gasteiger partial charge >= 0.3 is 5.97 Å². The summed E-state index contributed by atoms with van der Waals surface area (Å²) in [4.78, 5) is 24.4. The van der Waals surface area contributed by atoms with Crippen molar-refractivity contribution < 1.29 is 23.8 Å². The number of halogens is 1. The molecule has 0 atom stereocenters. The molecular weight excluding hydrogens is 408 g/mol. The van der Waals surface area contributed by atoms with Crippen molar-refractivity contribution in [1.29, 1.82) is 0 Å². The van der Waals surface area contributed by atoms with Crippen LogP contribution in [0.4, 0.5) is 0 Å². The van der Waals surface area contributed by atoms with Gasteiger partial charge in [-0.25, -0.2) is 10.2 Å². The van der Waals surface area contributed by atoms with E-state index in [4.69, 9.17) is 20.8 Å². The second kappa shape index (κ2) is 9.28. The average molecular weight is 427 g/mol. The summed E-state index contributed by atoms with van der Waals surface area (Å²) in [7, 11) is 0. The number of phenolic OH excluding ortho intramolecular Hbond substituents is 1. The topological polar surface area (TPSA) is 101 Å². The van der Waals surface area contributed by atoms with E-state index in [1.807, 2.05) is 0 Å². The summed E-state index contributed by atoms with van der Waals surface area (Å²) in [6.07, 6.45) is 1.03. The molecule has 2 aromatic carbocycles. The number of carbonyl (C=O) groups excluding carboxylic acids is 2. The predicted molar refractivity (Wildman–Crippen MR) is 113 cm³/mol. The van der Waals surface area contributed by atoms with Gasteiger partial charge in [0.15, 0.2) is 0 Å². The van der Waals surface area contributed by atoms with Crippen molar-refractivity contribution >= 4 is 29.7 Å². The largest absolute Gasteiger partial charge is 0.507 e. The average Bonchev–Trinajstić information content (AvgIpc) is 3.16. The Bertz CT molecular complexity index is 1100. The van der Waals surface area contributed by atoms with Gasteiger partial charge in [-0.2, -0.15) is 5.10 Å². The maximum absolute atomic E-state index is 12.4. The van der Waals surface area contributed by atoms with E-state index < -0.39 is 11.9 Å². The molecule has 0 aliphatic carbocycles. The van der Waals surface area contributed by atoms with Crippen LogP contribution in [-0.2, 0) is 4.74 Å². The minimum absolute atomic E-state index is 0.0991. The van der Waals surface area contributed by atoms with Crippen LogP contribution < -0.4 is 5.43 Å². The molecule has 1 amide bonds. The maximum Gasteiger partial charge on any atom is 0.339 e. The monoisotopic (exact) mass is 426 g/mol. The molecule has 0 aliphatic heterocycles. The van der Waals surface area contributed by atoms with Crippen LogP contribution >= 0.6 is 11.6 Å². The molecule has 0 spiro atoms. The van der Waals surface area contributed by atoms with Crippen molar-refractivity contribution in [2.45, 2.75) is 20.0 Å². The standard InChI is InChI=1S/C22H19ClN2O5/c1-13(2)29-22(28)16-9-7-14(23)11-18(16)20-10-8-15(30-20)12-24-25-21(27)17-5-3-4-6-19(17)26/h3-13,26H,1-2H3,(H,25,27)/b24-12+. The Morgan fingerprint density at radius 2 is 1.90 bits per heavy atom. The highest BCUT2D eigenvalue weighted by Gasteiger charge is 2.18. The minimum Gasteiger partial charge on any atom is -0.507 e. The zero-order valence-electron chi connectivity index (χ0n) is 16.3. The molecule has 0 saturated carbocycles. The Morgan fingerprint density at radius 1 is 1.13 bits per heavy atom. The van der Waals surface area contributed by atoms with Crippen molar-refractivity contribution in [3.63, 3.8) is 0 Å². The zero-order valence-corrected chi connectivity index (χ0v) is 17.0. The molecule has 30 heavy (non-hydrogen) atoms. The van der Waals surface area contributed by atoms with E-state index in [9.17, 15) is 14.7 Å². The lowest BCUT2D eigenvalue weighted by molar-refractivity contribution is 0.0378. The molecule has 0 fully saturated rings. The second-order valence-corrected chi connectivity index (χ2v) is 7.00. The summed E-state index contributed by atoms with van der Waals surface area (Å²) in [6.45, 7) is 3.52. The van der Waals surface area contributed by atoms with Crippen LogP contribution in [0.5, 0.6) is 5.75 Å². The number of amides is 1. The highest BCUT2D eigenvalue weighted by atomic mass is 35.5. The molecular formula is C22H19ClN2O5. The number of aromatic hydroxyl groups is 1. The normalized spacial score (nSPS) is 11.1. The second-order valence-electron chi connectivity index (χ2n) is 6.56. The molecule has 3 rings (SSSR count). The lowest BCUT2D eigenvalue weighted by Gasteiger charge is -2.11. The fourth-order valence-corrected chi connectivity index (χ4v) is 2.80. The predicted octanol–water partition coefficient (Wildman–Crippen LogP) is 4.63. The number of phenols is 1. The number of furan rings is 1. The number of para-hydroxylation sites is 1. The van der Waals surface area contributed by atoms with Crippen LogP contribution in [0.25, 0.3) is 11.3 Å². The summed E-state index contributed by atoms with van der Waals surface area (Å²) < 4.78 is 11.0. The molecule has 3 aromatic rings.